The third kappa shape index (κ3) is 4.88. The zero-order valence-corrected chi connectivity index (χ0v) is 9.79. The molecule has 0 fully saturated rings. The topological polar surface area (TPSA) is 79.3 Å². The molecule has 1 heterocycles. The van der Waals surface area contributed by atoms with Gasteiger partial charge in [-0.25, -0.2) is 4.98 Å². The number of carboxylic acids is 1. The van der Waals surface area contributed by atoms with Gasteiger partial charge in [0.1, 0.15) is 0 Å². The molecule has 0 aliphatic rings. The van der Waals surface area contributed by atoms with Crippen LogP contribution >= 0.6 is 11.3 Å². The van der Waals surface area contributed by atoms with Crippen LogP contribution in [-0.4, -0.2) is 28.0 Å². The number of hydrogen-bond donors (Lipinski definition) is 2. The fourth-order valence-corrected chi connectivity index (χ4v) is 1.88. The Morgan fingerprint density at radius 2 is 2.38 bits per heavy atom. The number of amides is 1. The first-order chi connectivity index (χ1) is 7.58. The molecule has 88 valence electrons. The predicted molar refractivity (Wildman–Crippen MR) is 60.3 cm³/mol. The van der Waals surface area contributed by atoms with E-state index >= 15 is 0 Å². The maximum atomic E-state index is 11.4. The van der Waals surface area contributed by atoms with Gasteiger partial charge in [-0.3, -0.25) is 9.59 Å². The molecule has 0 aliphatic carbocycles. The summed E-state index contributed by atoms with van der Waals surface area (Å²) in [6, 6.07) is -0.332. The van der Waals surface area contributed by atoms with Crippen molar-refractivity contribution in [2.45, 2.75) is 32.2 Å². The highest BCUT2D eigenvalue weighted by molar-refractivity contribution is 7.09. The molecule has 1 rings (SSSR count). The molecule has 1 amide bonds. The number of hydrogen-bond acceptors (Lipinski definition) is 4. The summed E-state index contributed by atoms with van der Waals surface area (Å²) in [5, 5.41) is 13.9. The number of carboxylic acid groups (broad SMARTS) is 1. The molecule has 0 saturated carbocycles. The van der Waals surface area contributed by atoms with Crippen LogP contribution in [0.2, 0.25) is 0 Å². The van der Waals surface area contributed by atoms with Crippen LogP contribution in [-0.2, 0) is 16.0 Å². The molecular formula is C10H14N2O3S. The summed E-state index contributed by atoms with van der Waals surface area (Å²) < 4.78 is 0. The number of rotatable bonds is 6. The number of aryl methyl sites for hydroxylation is 1. The van der Waals surface area contributed by atoms with Gasteiger partial charge in [0.2, 0.25) is 5.91 Å². The van der Waals surface area contributed by atoms with Crippen LogP contribution in [0.3, 0.4) is 0 Å². The molecule has 1 atom stereocenters. The van der Waals surface area contributed by atoms with E-state index in [1.54, 1.807) is 13.1 Å². The molecule has 0 bridgehead atoms. The van der Waals surface area contributed by atoms with E-state index < -0.39 is 5.97 Å². The molecule has 1 aromatic rings. The van der Waals surface area contributed by atoms with E-state index in [1.165, 1.54) is 11.3 Å². The Balaban J connectivity index is 2.23. The second-order valence-corrected chi connectivity index (χ2v) is 4.47. The SMILES string of the molecule is CC(CC(=O)O)NC(=O)CCc1nccs1. The molecule has 16 heavy (non-hydrogen) atoms. The Labute approximate surface area is 97.5 Å². The minimum absolute atomic E-state index is 0.0526. The first-order valence-electron chi connectivity index (χ1n) is 4.97. The third-order valence-corrected chi connectivity index (χ3v) is 2.78. The lowest BCUT2D eigenvalue weighted by atomic mass is 10.2. The maximum absolute atomic E-state index is 11.4. The second-order valence-electron chi connectivity index (χ2n) is 3.49. The van der Waals surface area contributed by atoms with E-state index in [0.717, 1.165) is 5.01 Å². The quantitative estimate of drug-likeness (QED) is 0.781. The highest BCUT2D eigenvalue weighted by Crippen LogP contribution is 2.06. The summed E-state index contributed by atoms with van der Waals surface area (Å²) in [4.78, 5) is 25.8. The van der Waals surface area contributed by atoms with E-state index in [4.69, 9.17) is 5.11 Å². The number of carbonyl (C=O) groups excluding carboxylic acids is 1. The summed E-state index contributed by atoms with van der Waals surface area (Å²) in [5.74, 6) is -1.04. The molecular weight excluding hydrogens is 228 g/mol. The first-order valence-corrected chi connectivity index (χ1v) is 5.85. The third-order valence-electron chi connectivity index (χ3n) is 1.94. The summed E-state index contributed by atoms with van der Waals surface area (Å²) >= 11 is 1.51. The monoisotopic (exact) mass is 242 g/mol. The van der Waals surface area contributed by atoms with Crippen molar-refractivity contribution < 1.29 is 14.7 Å². The van der Waals surface area contributed by atoms with Crippen molar-refractivity contribution in [3.63, 3.8) is 0 Å². The Morgan fingerprint density at radius 1 is 1.62 bits per heavy atom. The molecule has 0 spiro atoms. The van der Waals surface area contributed by atoms with Gasteiger partial charge in [-0.15, -0.1) is 11.3 Å². The number of carbonyl (C=O) groups is 2. The molecule has 2 N–H and O–H groups in total. The number of thiazole rings is 1. The maximum Gasteiger partial charge on any atom is 0.305 e. The van der Waals surface area contributed by atoms with E-state index in [1.807, 2.05) is 5.38 Å². The highest BCUT2D eigenvalue weighted by Gasteiger charge is 2.11. The molecule has 1 aromatic heterocycles. The van der Waals surface area contributed by atoms with Gasteiger partial charge in [-0.05, 0) is 6.92 Å². The van der Waals surface area contributed by atoms with Gasteiger partial charge in [-0.1, -0.05) is 0 Å². The minimum Gasteiger partial charge on any atom is -0.481 e. The van der Waals surface area contributed by atoms with Gasteiger partial charge in [0, 0.05) is 30.5 Å². The van der Waals surface area contributed by atoms with Crippen molar-refractivity contribution in [1.82, 2.24) is 10.3 Å². The average molecular weight is 242 g/mol. The molecule has 5 nitrogen and oxygen atoms in total. The molecule has 6 heteroatoms. The molecule has 0 saturated heterocycles. The van der Waals surface area contributed by atoms with E-state index in [2.05, 4.69) is 10.3 Å². The number of nitrogens with one attached hydrogen (secondary N) is 1. The standard InChI is InChI=1S/C10H14N2O3S/c1-7(6-10(14)15)12-8(13)2-3-9-11-4-5-16-9/h4-5,7H,2-3,6H2,1H3,(H,12,13)(H,14,15). The summed E-state index contributed by atoms with van der Waals surface area (Å²) in [7, 11) is 0. The highest BCUT2D eigenvalue weighted by atomic mass is 32.1. The number of nitrogens with zero attached hydrogens (tertiary/aromatic N) is 1. The van der Waals surface area contributed by atoms with E-state index in [9.17, 15) is 9.59 Å². The second kappa shape index (κ2) is 6.22. The van der Waals surface area contributed by atoms with E-state index in [-0.39, 0.29) is 18.4 Å². The van der Waals surface area contributed by atoms with Crippen LogP contribution in [0.4, 0.5) is 0 Å². The number of aliphatic carboxylic acids is 1. The van der Waals surface area contributed by atoms with Crippen molar-refractivity contribution in [3.05, 3.63) is 16.6 Å². The summed E-state index contributed by atoms with van der Waals surface area (Å²) in [6.07, 6.45) is 2.59. The van der Waals surface area contributed by atoms with Crippen molar-refractivity contribution >= 4 is 23.2 Å². The van der Waals surface area contributed by atoms with Gasteiger partial charge >= 0.3 is 5.97 Å². The van der Waals surface area contributed by atoms with Crippen LogP contribution < -0.4 is 5.32 Å². The Morgan fingerprint density at radius 3 is 2.94 bits per heavy atom. The minimum atomic E-state index is -0.910. The largest absolute Gasteiger partial charge is 0.481 e. The zero-order valence-electron chi connectivity index (χ0n) is 8.97. The van der Waals surface area contributed by atoms with Crippen LogP contribution in [0.15, 0.2) is 11.6 Å². The van der Waals surface area contributed by atoms with Crippen LogP contribution in [0.25, 0.3) is 0 Å². The van der Waals surface area contributed by atoms with E-state index in [0.29, 0.717) is 12.8 Å². The molecule has 0 aromatic carbocycles. The smallest absolute Gasteiger partial charge is 0.305 e. The van der Waals surface area contributed by atoms with Gasteiger partial charge < -0.3 is 10.4 Å². The molecule has 1 unspecified atom stereocenters. The zero-order chi connectivity index (χ0) is 12.0. The van der Waals surface area contributed by atoms with Crippen molar-refractivity contribution in [3.8, 4) is 0 Å². The van der Waals surface area contributed by atoms with Crippen LogP contribution in [0.5, 0.6) is 0 Å². The lowest BCUT2D eigenvalue weighted by Gasteiger charge is -2.10. The normalized spacial score (nSPS) is 12.1. The summed E-state index contributed by atoms with van der Waals surface area (Å²) in [5.41, 5.74) is 0. The number of aromatic nitrogens is 1. The van der Waals surface area contributed by atoms with Crippen molar-refractivity contribution in [1.29, 1.82) is 0 Å². The summed E-state index contributed by atoms with van der Waals surface area (Å²) in [6.45, 7) is 1.68. The molecule has 0 radical (unpaired) electrons. The Kier molecular flexibility index (Phi) is 4.91. The van der Waals surface area contributed by atoms with Crippen molar-refractivity contribution in [2.24, 2.45) is 0 Å². The Hall–Kier alpha value is -1.43. The van der Waals surface area contributed by atoms with Crippen LogP contribution in [0.1, 0.15) is 24.8 Å². The lowest BCUT2D eigenvalue weighted by Crippen LogP contribution is -2.34. The van der Waals surface area contributed by atoms with Gasteiger partial charge in [0.15, 0.2) is 0 Å². The Bertz CT molecular complexity index is 351. The van der Waals surface area contributed by atoms with Gasteiger partial charge in [-0.2, -0.15) is 0 Å². The first kappa shape index (κ1) is 12.6. The fraction of sp³-hybridized carbons (Fsp3) is 0.500. The van der Waals surface area contributed by atoms with Crippen LogP contribution in [0, 0.1) is 0 Å². The lowest BCUT2D eigenvalue weighted by molar-refractivity contribution is -0.137. The average Bonchev–Trinajstić information content (AvgIpc) is 2.65. The van der Waals surface area contributed by atoms with Gasteiger partial charge in [0.05, 0.1) is 11.4 Å². The molecule has 0 aliphatic heterocycles. The predicted octanol–water partition coefficient (Wildman–Crippen LogP) is 1.06. The fourth-order valence-electron chi connectivity index (χ4n) is 1.26. The van der Waals surface area contributed by atoms with Gasteiger partial charge in [0.25, 0.3) is 0 Å². The van der Waals surface area contributed by atoms with Crippen molar-refractivity contribution in [2.75, 3.05) is 0 Å².